The second-order valence-corrected chi connectivity index (χ2v) is 16.7. The van der Waals surface area contributed by atoms with Crippen LogP contribution in [0.3, 0.4) is 0 Å². The largest absolute Gasteiger partial charge is 0.375 e. The maximum atomic E-state index is 14.1. The van der Waals surface area contributed by atoms with E-state index in [0.29, 0.717) is 36.1 Å². The lowest BCUT2D eigenvalue weighted by molar-refractivity contribution is -0.136. The molecule has 1 aromatic heterocycles. The van der Waals surface area contributed by atoms with E-state index in [1.165, 1.54) is 11.8 Å². The third-order valence-corrected chi connectivity index (χ3v) is 13.2. The number of ketones is 1. The molecule has 302 valence electrons. The van der Waals surface area contributed by atoms with Gasteiger partial charge in [0, 0.05) is 90.7 Å². The van der Waals surface area contributed by atoms with Crippen LogP contribution in [0.25, 0.3) is 15.7 Å². The van der Waals surface area contributed by atoms with Crippen LogP contribution in [-0.2, 0) is 26.2 Å². The predicted molar refractivity (Wildman–Crippen MR) is 221 cm³/mol. The molecule has 0 bridgehead atoms. The molecular weight excluding hydrogens is 749 g/mol. The fraction of sp³-hybridized carbons (Fsp3) is 0.400. The van der Waals surface area contributed by atoms with Gasteiger partial charge in [0.2, 0.25) is 17.7 Å². The van der Waals surface area contributed by atoms with Gasteiger partial charge in [-0.25, -0.2) is 4.85 Å². The van der Waals surface area contributed by atoms with Crippen LogP contribution in [0.1, 0.15) is 99.9 Å². The second kappa shape index (κ2) is 14.5. The van der Waals surface area contributed by atoms with Crippen molar-refractivity contribution in [3.63, 3.8) is 0 Å². The van der Waals surface area contributed by atoms with Gasteiger partial charge in [-0.05, 0) is 67.1 Å². The molecule has 0 spiro atoms. The minimum absolute atomic E-state index is 0.0260. The molecule has 3 aromatic carbocycles. The Bertz CT molecular complexity index is 2530. The lowest BCUT2D eigenvalue weighted by atomic mass is 9.70. The quantitative estimate of drug-likeness (QED) is 0.177. The Labute approximate surface area is 341 Å². The van der Waals surface area contributed by atoms with Gasteiger partial charge in [0.25, 0.3) is 11.8 Å². The van der Waals surface area contributed by atoms with E-state index in [2.05, 4.69) is 63.2 Å². The minimum atomic E-state index is -1.06. The first-order valence-corrected chi connectivity index (χ1v) is 20.5. The number of hydrogen-bond acceptors (Lipinski definition) is 9. The van der Waals surface area contributed by atoms with E-state index in [-0.39, 0.29) is 42.2 Å². The Morgan fingerprint density at radius 1 is 0.898 bits per heavy atom. The van der Waals surface area contributed by atoms with Gasteiger partial charge in [-0.3, -0.25) is 43.9 Å². The van der Waals surface area contributed by atoms with Crippen LogP contribution in [0, 0.1) is 6.57 Å². The summed E-state index contributed by atoms with van der Waals surface area (Å²) in [6.07, 6.45) is 2.87. The number of benzene rings is 3. The van der Waals surface area contributed by atoms with E-state index in [4.69, 9.17) is 6.57 Å². The van der Waals surface area contributed by atoms with Crippen molar-refractivity contribution in [2.75, 3.05) is 56.0 Å². The molecule has 0 radical (unpaired) electrons. The number of aryl methyl sites for hydroxylation is 1. The molecule has 5 aliphatic rings. The molecule has 4 aromatic rings. The molecule has 1 unspecified atom stereocenters. The first-order chi connectivity index (χ1) is 28.4. The summed E-state index contributed by atoms with van der Waals surface area (Å²) in [4.78, 5) is 93.2. The van der Waals surface area contributed by atoms with E-state index >= 15 is 0 Å². The molecule has 59 heavy (non-hydrogen) atoms. The van der Waals surface area contributed by atoms with Crippen LogP contribution < -0.4 is 15.5 Å². The van der Waals surface area contributed by atoms with E-state index in [1.54, 1.807) is 18.2 Å². The number of piperidine rings is 2. The summed E-state index contributed by atoms with van der Waals surface area (Å²) in [6, 6.07) is 14.0. The molecule has 3 fully saturated rings. The zero-order chi connectivity index (χ0) is 41.3. The number of nitrogens with zero attached hydrogens (tertiary/aromatic N) is 5. The Balaban J connectivity index is 0.817. The van der Waals surface area contributed by atoms with Crippen molar-refractivity contribution in [1.29, 1.82) is 0 Å². The van der Waals surface area contributed by atoms with Gasteiger partial charge < -0.3 is 20.1 Å². The van der Waals surface area contributed by atoms with Crippen molar-refractivity contribution in [3.05, 3.63) is 99.0 Å². The Morgan fingerprint density at radius 2 is 1.66 bits per heavy atom. The maximum absolute atomic E-state index is 14.1. The van der Waals surface area contributed by atoms with Crippen molar-refractivity contribution in [2.24, 2.45) is 0 Å². The average molecular weight is 795 g/mol. The molecule has 14 heteroatoms. The number of H-pyrrole nitrogens is 1. The SMILES string of the molecule is [C-]#[N+]c1ccc2c3c([nH]c2c1)C(C)(C)c1cc(N2CCC(N4CCN(C(=O)CNc5cccc6c5C(=O)N(C5CCC(=O)NC5=O)C6=O)CC4)CC2)c(CC)cc1C3=O. The molecule has 0 saturated carbocycles. The van der Waals surface area contributed by atoms with Crippen molar-refractivity contribution in [3.8, 4) is 0 Å². The number of carbonyl (C=O) groups excluding carboxylic acids is 6. The average Bonchev–Trinajstić information content (AvgIpc) is 3.76. The number of carbonyl (C=O) groups is 6. The standard InChI is InChI=1S/C45H46N8O6/c1-5-25-21-30-31(45(2,3)41-39(40(30)56)28-10-9-26(46-4)22-33(28)48-41)23-35(25)51-15-13-27(14-16-51)50-17-19-52(20-18-50)37(55)24-47-32-8-6-7-29-38(32)44(59)53(43(29)58)34-11-12-36(54)49-42(34)57/h6-10,21-23,27,34,47-48H,5,11-20,24H2,1-3H3,(H,49,54,57). The van der Waals surface area contributed by atoms with Gasteiger partial charge in [-0.15, -0.1) is 0 Å². The Hall–Kier alpha value is -6.33. The molecule has 3 saturated heterocycles. The number of hydrogen-bond donors (Lipinski definition) is 3. The first kappa shape index (κ1) is 38.2. The zero-order valence-corrected chi connectivity index (χ0v) is 33.4. The molecule has 1 atom stereocenters. The highest BCUT2D eigenvalue weighted by Crippen LogP contribution is 2.46. The van der Waals surface area contributed by atoms with E-state index in [1.807, 2.05) is 17.0 Å². The maximum Gasteiger partial charge on any atom is 0.264 e. The zero-order valence-electron chi connectivity index (χ0n) is 33.4. The number of nitrogens with one attached hydrogen (secondary N) is 3. The van der Waals surface area contributed by atoms with Crippen molar-refractivity contribution < 1.29 is 28.8 Å². The summed E-state index contributed by atoms with van der Waals surface area (Å²) in [5.74, 6) is -2.39. The van der Waals surface area contributed by atoms with Crippen LogP contribution in [0.4, 0.5) is 17.1 Å². The normalized spacial score (nSPS) is 20.7. The minimum Gasteiger partial charge on any atom is -0.375 e. The Morgan fingerprint density at radius 3 is 2.37 bits per heavy atom. The fourth-order valence-electron chi connectivity index (χ4n) is 9.90. The lowest BCUT2D eigenvalue weighted by Gasteiger charge is -2.44. The predicted octanol–water partition coefficient (Wildman–Crippen LogP) is 4.78. The van der Waals surface area contributed by atoms with Gasteiger partial charge in [0.1, 0.15) is 6.04 Å². The van der Waals surface area contributed by atoms with Gasteiger partial charge in [0.15, 0.2) is 11.5 Å². The van der Waals surface area contributed by atoms with E-state index in [0.717, 1.165) is 83.6 Å². The summed E-state index contributed by atoms with van der Waals surface area (Å²) in [5.41, 5.74) is 7.26. The number of aromatic nitrogens is 1. The number of aromatic amines is 1. The van der Waals surface area contributed by atoms with Crippen LogP contribution in [0.15, 0.2) is 48.5 Å². The number of fused-ring (bicyclic) bond motifs is 5. The van der Waals surface area contributed by atoms with Crippen molar-refractivity contribution in [2.45, 2.75) is 70.4 Å². The van der Waals surface area contributed by atoms with E-state index in [9.17, 15) is 28.8 Å². The van der Waals surface area contributed by atoms with Crippen LogP contribution in [-0.4, -0.2) is 113 Å². The number of amides is 5. The number of piperazine rings is 1. The van der Waals surface area contributed by atoms with Crippen molar-refractivity contribution >= 4 is 63.3 Å². The topological polar surface area (TPSA) is 160 Å². The molecule has 14 nitrogen and oxygen atoms in total. The van der Waals surface area contributed by atoms with Gasteiger partial charge in [-0.2, -0.15) is 0 Å². The number of rotatable bonds is 7. The smallest absolute Gasteiger partial charge is 0.264 e. The summed E-state index contributed by atoms with van der Waals surface area (Å²) < 4.78 is 0. The Kier molecular flexibility index (Phi) is 9.38. The molecule has 5 heterocycles. The van der Waals surface area contributed by atoms with Crippen LogP contribution in [0.5, 0.6) is 0 Å². The van der Waals surface area contributed by atoms with Crippen molar-refractivity contribution in [1.82, 2.24) is 25.0 Å². The van der Waals surface area contributed by atoms with Crippen LogP contribution >= 0.6 is 0 Å². The van der Waals surface area contributed by atoms with Gasteiger partial charge in [0.05, 0.1) is 29.8 Å². The first-order valence-electron chi connectivity index (χ1n) is 20.5. The molecule has 3 N–H and O–H groups in total. The highest BCUT2D eigenvalue weighted by Gasteiger charge is 2.46. The fourth-order valence-corrected chi connectivity index (χ4v) is 9.90. The van der Waals surface area contributed by atoms with Gasteiger partial charge >= 0.3 is 0 Å². The second-order valence-electron chi connectivity index (χ2n) is 16.7. The van der Waals surface area contributed by atoms with Crippen LogP contribution in [0.2, 0.25) is 0 Å². The summed E-state index contributed by atoms with van der Waals surface area (Å²) in [5, 5.41) is 6.15. The molecule has 4 aliphatic heterocycles. The number of anilines is 2. The molecule has 9 rings (SSSR count). The number of imide groups is 2. The monoisotopic (exact) mass is 794 g/mol. The lowest BCUT2D eigenvalue weighted by Crippen LogP contribution is -2.55. The van der Waals surface area contributed by atoms with Gasteiger partial charge in [-0.1, -0.05) is 39.0 Å². The van der Waals surface area contributed by atoms with E-state index < -0.39 is 35.1 Å². The summed E-state index contributed by atoms with van der Waals surface area (Å²) >= 11 is 0. The summed E-state index contributed by atoms with van der Waals surface area (Å²) in [7, 11) is 0. The molecular formula is C45H46N8O6. The third-order valence-electron chi connectivity index (χ3n) is 13.2. The highest BCUT2D eigenvalue weighted by atomic mass is 16.2. The highest BCUT2D eigenvalue weighted by molar-refractivity contribution is 6.25. The third kappa shape index (κ3) is 6.26. The summed E-state index contributed by atoms with van der Waals surface area (Å²) in [6.45, 7) is 18.3. The molecule has 1 aliphatic carbocycles. The molecule has 5 amide bonds.